The van der Waals surface area contributed by atoms with Gasteiger partial charge in [0.15, 0.2) is 0 Å². The van der Waals surface area contributed by atoms with Gasteiger partial charge in [-0.3, -0.25) is 4.68 Å². The smallest absolute Gasteiger partial charge is 0.310 e. The summed E-state index contributed by atoms with van der Waals surface area (Å²) >= 11 is 0. The zero-order valence-corrected chi connectivity index (χ0v) is 11.7. The maximum absolute atomic E-state index is 12.0. The molecule has 19 heavy (non-hydrogen) atoms. The fraction of sp³-hybridized carbons (Fsp3) is 0.769. The summed E-state index contributed by atoms with van der Waals surface area (Å²) in [6.45, 7) is 4.61. The van der Waals surface area contributed by atoms with Crippen LogP contribution in [-0.4, -0.2) is 22.0 Å². The topological polar surface area (TPSA) is 29.9 Å². The highest BCUT2D eigenvalue weighted by molar-refractivity contribution is 5.16. The van der Waals surface area contributed by atoms with Crippen LogP contribution in [0.5, 0.6) is 0 Å². The van der Waals surface area contributed by atoms with E-state index in [-0.39, 0.29) is 12.5 Å². The highest BCUT2D eigenvalue weighted by Gasteiger charge is 2.26. The molecule has 0 aliphatic rings. The van der Waals surface area contributed by atoms with Gasteiger partial charge in [0.2, 0.25) is 0 Å². The van der Waals surface area contributed by atoms with Gasteiger partial charge in [-0.05, 0) is 26.2 Å². The van der Waals surface area contributed by atoms with E-state index in [9.17, 15) is 13.2 Å². The molecule has 3 nitrogen and oxygen atoms in total. The number of halogens is 3. The number of nitrogens with zero attached hydrogens (tertiary/aromatic N) is 2. The quantitative estimate of drug-likeness (QED) is 0.829. The molecule has 0 saturated heterocycles. The first-order valence-corrected chi connectivity index (χ1v) is 6.63. The van der Waals surface area contributed by atoms with Crippen LogP contribution in [0.3, 0.4) is 0 Å². The van der Waals surface area contributed by atoms with E-state index in [1.54, 1.807) is 4.68 Å². The molecule has 1 aromatic rings. The molecule has 6 heteroatoms. The molecule has 1 atom stereocenters. The van der Waals surface area contributed by atoms with Gasteiger partial charge in [-0.15, -0.1) is 0 Å². The van der Waals surface area contributed by atoms with Crippen molar-refractivity contribution in [1.29, 1.82) is 0 Å². The van der Waals surface area contributed by atoms with Crippen LogP contribution in [0, 0.1) is 0 Å². The number of hydrogen-bond acceptors (Lipinski definition) is 2. The molecular weight excluding hydrogens is 255 g/mol. The molecule has 1 heterocycles. The Morgan fingerprint density at radius 3 is 2.68 bits per heavy atom. The van der Waals surface area contributed by atoms with Crippen LogP contribution in [0.15, 0.2) is 6.20 Å². The molecule has 0 aliphatic carbocycles. The SMILES string of the molecule is CCc1nn(C)cc1CNC(C)CCCC(F)(F)F. The number of hydrogen-bond donors (Lipinski definition) is 1. The molecule has 110 valence electrons. The summed E-state index contributed by atoms with van der Waals surface area (Å²) in [5.41, 5.74) is 2.16. The summed E-state index contributed by atoms with van der Waals surface area (Å²) in [6, 6.07) is 0.0762. The minimum Gasteiger partial charge on any atom is -0.310 e. The first kappa shape index (κ1) is 16.0. The molecule has 0 radical (unpaired) electrons. The second kappa shape index (κ2) is 6.93. The Kier molecular flexibility index (Phi) is 5.85. The van der Waals surface area contributed by atoms with E-state index in [2.05, 4.69) is 10.4 Å². The van der Waals surface area contributed by atoms with Gasteiger partial charge in [-0.25, -0.2) is 0 Å². The van der Waals surface area contributed by atoms with E-state index in [0.717, 1.165) is 17.7 Å². The van der Waals surface area contributed by atoms with E-state index in [1.165, 1.54) is 0 Å². The molecule has 1 N–H and O–H groups in total. The number of nitrogens with one attached hydrogen (secondary N) is 1. The van der Waals surface area contributed by atoms with Gasteiger partial charge in [0.05, 0.1) is 5.69 Å². The Morgan fingerprint density at radius 1 is 1.42 bits per heavy atom. The highest BCUT2D eigenvalue weighted by atomic mass is 19.4. The zero-order chi connectivity index (χ0) is 14.5. The van der Waals surface area contributed by atoms with E-state index in [4.69, 9.17) is 0 Å². The highest BCUT2D eigenvalue weighted by Crippen LogP contribution is 2.22. The molecule has 0 bridgehead atoms. The van der Waals surface area contributed by atoms with Crippen molar-refractivity contribution in [2.75, 3.05) is 0 Å². The summed E-state index contributed by atoms with van der Waals surface area (Å²) in [5, 5.41) is 7.58. The average Bonchev–Trinajstić information content (AvgIpc) is 2.65. The lowest BCUT2D eigenvalue weighted by atomic mass is 10.1. The predicted octanol–water partition coefficient (Wildman–Crippen LogP) is 3.19. The molecule has 1 aromatic heterocycles. The van der Waals surface area contributed by atoms with Crippen LogP contribution in [0.25, 0.3) is 0 Å². The van der Waals surface area contributed by atoms with E-state index < -0.39 is 12.6 Å². The first-order chi connectivity index (χ1) is 8.81. The Labute approximate surface area is 112 Å². The van der Waals surface area contributed by atoms with Crippen LogP contribution >= 0.6 is 0 Å². The molecule has 0 aliphatic heterocycles. The van der Waals surface area contributed by atoms with Gasteiger partial charge >= 0.3 is 6.18 Å². The van der Waals surface area contributed by atoms with Crippen molar-refractivity contribution < 1.29 is 13.2 Å². The van der Waals surface area contributed by atoms with Crippen molar-refractivity contribution in [3.05, 3.63) is 17.5 Å². The molecule has 0 aromatic carbocycles. The standard InChI is InChI=1S/C13H22F3N3/c1-4-12-11(9-19(3)18-12)8-17-10(2)6-5-7-13(14,15)16/h9-10,17H,4-8H2,1-3H3. The molecule has 0 fully saturated rings. The number of alkyl halides is 3. The van der Waals surface area contributed by atoms with Gasteiger partial charge < -0.3 is 5.32 Å². The fourth-order valence-electron chi connectivity index (χ4n) is 2.02. The van der Waals surface area contributed by atoms with Crippen LogP contribution in [-0.2, 0) is 20.0 Å². The lowest BCUT2D eigenvalue weighted by molar-refractivity contribution is -0.135. The molecule has 0 saturated carbocycles. The normalized spacial score (nSPS) is 13.8. The number of aryl methyl sites for hydroxylation is 2. The summed E-state index contributed by atoms with van der Waals surface area (Å²) in [7, 11) is 1.87. The third-order valence-electron chi connectivity index (χ3n) is 3.07. The van der Waals surface area contributed by atoms with Gasteiger partial charge in [0.1, 0.15) is 0 Å². The van der Waals surface area contributed by atoms with Crippen LogP contribution < -0.4 is 5.32 Å². The third kappa shape index (κ3) is 6.09. The lowest BCUT2D eigenvalue weighted by Crippen LogP contribution is -2.26. The van der Waals surface area contributed by atoms with Crippen molar-refractivity contribution in [1.82, 2.24) is 15.1 Å². The summed E-state index contributed by atoms with van der Waals surface area (Å²) < 4.78 is 37.8. The molecular formula is C13H22F3N3. The Hall–Kier alpha value is -1.04. The second-order valence-corrected chi connectivity index (χ2v) is 4.92. The summed E-state index contributed by atoms with van der Waals surface area (Å²) in [5.74, 6) is 0. The van der Waals surface area contributed by atoms with Crippen LogP contribution in [0.2, 0.25) is 0 Å². The van der Waals surface area contributed by atoms with E-state index >= 15 is 0 Å². The van der Waals surface area contributed by atoms with Crippen molar-refractivity contribution in [2.24, 2.45) is 7.05 Å². The minimum atomic E-state index is -4.04. The van der Waals surface area contributed by atoms with Crippen LogP contribution in [0.1, 0.15) is 44.4 Å². The average molecular weight is 277 g/mol. The Morgan fingerprint density at radius 2 is 2.11 bits per heavy atom. The second-order valence-electron chi connectivity index (χ2n) is 4.92. The van der Waals surface area contributed by atoms with E-state index in [0.29, 0.717) is 13.0 Å². The molecule has 0 amide bonds. The number of rotatable bonds is 7. The Bertz CT molecular complexity index is 385. The predicted molar refractivity (Wildman–Crippen MR) is 68.8 cm³/mol. The van der Waals surface area contributed by atoms with Crippen molar-refractivity contribution in [2.45, 2.75) is 58.3 Å². The largest absolute Gasteiger partial charge is 0.389 e. The zero-order valence-electron chi connectivity index (χ0n) is 11.7. The number of aromatic nitrogens is 2. The first-order valence-electron chi connectivity index (χ1n) is 6.63. The maximum atomic E-state index is 12.0. The van der Waals surface area contributed by atoms with Gasteiger partial charge in [0, 0.05) is 37.8 Å². The lowest BCUT2D eigenvalue weighted by Gasteiger charge is -2.14. The van der Waals surface area contributed by atoms with Gasteiger partial charge in [-0.1, -0.05) is 6.92 Å². The van der Waals surface area contributed by atoms with Crippen molar-refractivity contribution >= 4 is 0 Å². The van der Waals surface area contributed by atoms with E-state index in [1.807, 2.05) is 27.1 Å². The maximum Gasteiger partial charge on any atom is 0.389 e. The monoisotopic (exact) mass is 277 g/mol. The van der Waals surface area contributed by atoms with Crippen molar-refractivity contribution in [3.63, 3.8) is 0 Å². The fourth-order valence-corrected chi connectivity index (χ4v) is 2.02. The van der Waals surface area contributed by atoms with Gasteiger partial charge in [-0.2, -0.15) is 18.3 Å². The van der Waals surface area contributed by atoms with Gasteiger partial charge in [0.25, 0.3) is 0 Å². The molecule has 0 spiro atoms. The summed E-state index contributed by atoms with van der Waals surface area (Å²) in [6.07, 6.45) is -1.23. The van der Waals surface area contributed by atoms with Crippen LogP contribution in [0.4, 0.5) is 13.2 Å². The summed E-state index contributed by atoms with van der Waals surface area (Å²) in [4.78, 5) is 0. The Balaban J connectivity index is 2.31. The molecule has 1 unspecified atom stereocenters. The minimum absolute atomic E-state index is 0.0762. The molecule has 1 rings (SSSR count). The third-order valence-corrected chi connectivity index (χ3v) is 3.07. The van der Waals surface area contributed by atoms with Crippen molar-refractivity contribution in [3.8, 4) is 0 Å².